The summed E-state index contributed by atoms with van der Waals surface area (Å²) < 4.78 is 43.7. The molecule has 15 atom stereocenters. The van der Waals surface area contributed by atoms with E-state index in [0.717, 1.165) is 17.9 Å². The molecular weight excluding hydrogens is 1390 g/mol. The Kier molecular flexibility index (Phi) is 24.9. The largest absolute Gasteiger partial charge is 0.507 e. The second kappa shape index (κ2) is 33.3. The molecule has 5 heterocycles. The van der Waals surface area contributed by atoms with Gasteiger partial charge in [0.2, 0.25) is 23.5 Å². The molecule has 0 radical (unpaired) electrons. The molecule has 103 heavy (non-hydrogen) atoms. The number of hydrazone groups is 1. The lowest BCUT2D eigenvalue weighted by molar-refractivity contribution is -0.324. The third-order valence-corrected chi connectivity index (χ3v) is 21.0. The number of fused-ring (bicyclic) bond motifs is 4. The fourth-order valence-electron chi connectivity index (χ4n) is 13.2. The van der Waals surface area contributed by atoms with Crippen LogP contribution >= 0.6 is 21.6 Å². The summed E-state index contributed by atoms with van der Waals surface area (Å²) in [6, 6.07) is 8.05. The first-order chi connectivity index (χ1) is 49.1. The summed E-state index contributed by atoms with van der Waals surface area (Å²) in [4.78, 5) is 138. The number of aromatic amines is 1. The van der Waals surface area contributed by atoms with Gasteiger partial charge in [0.05, 0.1) is 78.5 Å². The van der Waals surface area contributed by atoms with Crippen molar-refractivity contribution in [3.63, 3.8) is 0 Å². The number of ketones is 2. The molecule has 3 amide bonds. The van der Waals surface area contributed by atoms with E-state index in [9.17, 15) is 68.7 Å². The molecule has 34 nitrogen and oxygen atoms in total. The van der Waals surface area contributed by atoms with Gasteiger partial charge in [-0.3, -0.25) is 43.4 Å². The molecule has 0 bridgehead atoms. The van der Waals surface area contributed by atoms with Gasteiger partial charge in [-0.25, -0.2) is 25.0 Å². The third kappa shape index (κ3) is 17.5. The second-order valence-electron chi connectivity index (χ2n) is 25.7. The highest BCUT2D eigenvalue weighted by Gasteiger charge is 2.54. The van der Waals surface area contributed by atoms with Crippen LogP contribution in [0.25, 0.3) is 11.2 Å². The Morgan fingerprint density at radius 2 is 1.58 bits per heavy atom. The number of methoxy groups -OCH3 is 1. The Morgan fingerprint density at radius 1 is 0.864 bits per heavy atom. The molecule has 3 aliphatic heterocycles. The number of nitrogens with one attached hydrogen (secondary N) is 5. The molecule has 5 aromatic rings. The fraction of sp³-hybridized carbons (Fsp3) is 0.507. The average Bonchev–Trinajstić information content (AvgIpc) is 0.711. The minimum Gasteiger partial charge on any atom is -0.507 e. The predicted molar refractivity (Wildman–Crippen MR) is 366 cm³/mol. The van der Waals surface area contributed by atoms with E-state index in [1.807, 2.05) is 19.0 Å². The number of nitrogens with zero attached hydrogens (tertiary/aromatic N) is 5. The maximum Gasteiger partial charge on any atom is 0.364 e. The summed E-state index contributed by atoms with van der Waals surface area (Å²) in [5, 5.41) is 77.8. The van der Waals surface area contributed by atoms with Gasteiger partial charge in [-0.2, -0.15) is 15.3 Å². The number of phenols is 2. The number of aliphatic carboxylic acids is 1. The minimum atomic E-state index is -1.82. The maximum atomic E-state index is 14.1. The summed E-state index contributed by atoms with van der Waals surface area (Å²) in [6.07, 6.45) is -7.34. The zero-order chi connectivity index (χ0) is 74.3. The van der Waals surface area contributed by atoms with Crippen LogP contribution in [0.2, 0.25) is 0 Å². The van der Waals surface area contributed by atoms with Crippen LogP contribution in [-0.4, -0.2) is 220 Å². The Balaban J connectivity index is 0.641. The van der Waals surface area contributed by atoms with Gasteiger partial charge in [0.1, 0.15) is 41.7 Å². The van der Waals surface area contributed by atoms with Crippen molar-refractivity contribution in [1.29, 1.82) is 0 Å². The summed E-state index contributed by atoms with van der Waals surface area (Å²) in [5.41, 5.74) is 6.42. The number of ether oxygens (including phenoxy) is 7. The molecule has 2 aliphatic carbocycles. The van der Waals surface area contributed by atoms with Gasteiger partial charge in [0, 0.05) is 84.0 Å². The molecule has 3 fully saturated rings. The van der Waals surface area contributed by atoms with Gasteiger partial charge >= 0.3 is 17.9 Å². The molecule has 10 rings (SSSR count). The van der Waals surface area contributed by atoms with Crippen molar-refractivity contribution in [3.8, 4) is 11.5 Å². The van der Waals surface area contributed by atoms with E-state index in [-0.39, 0.29) is 113 Å². The van der Waals surface area contributed by atoms with E-state index in [4.69, 9.17) is 44.1 Å². The van der Waals surface area contributed by atoms with Crippen molar-refractivity contribution in [3.05, 3.63) is 110 Å². The van der Waals surface area contributed by atoms with E-state index in [1.165, 1.54) is 53.4 Å². The number of phenolic OH excluding ortho intramolecular Hbond substituents is 2. The molecule has 5 aliphatic rings. The molecule has 3 aromatic carbocycles. The van der Waals surface area contributed by atoms with Crippen LogP contribution < -0.4 is 32.7 Å². The van der Waals surface area contributed by atoms with E-state index >= 15 is 0 Å². The number of aliphatic hydroxyl groups is 2. The number of rotatable bonds is 27. The van der Waals surface area contributed by atoms with Crippen LogP contribution in [0.4, 0.5) is 11.6 Å². The number of amides is 3. The number of hydrogen-bond donors (Lipinski definition) is 12. The lowest BCUT2D eigenvalue weighted by atomic mass is 9.67. The molecular formula is C67H81N11O23S2. The highest BCUT2D eigenvalue weighted by atomic mass is 33.1. The summed E-state index contributed by atoms with van der Waals surface area (Å²) in [5.74, 6) is -9.42. The van der Waals surface area contributed by atoms with Crippen molar-refractivity contribution >= 4 is 97.3 Å². The number of anilines is 2. The molecule has 2 aromatic heterocycles. The van der Waals surface area contributed by atoms with Gasteiger partial charge in [-0.1, -0.05) is 40.6 Å². The number of aliphatic hydroxyl groups excluding tert-OH is 1. The third-order valence-electron chi connectivity index (χ3n) is 18.6. The number of carbonyl (C=O) groups is 8. The standard InChI is InChI=1S/C67H81N11O23S2/c1-8-67(92)25-44(51-36(53(67)65(91)94-7)22-37-52(57(51)85)56(84)50-35(55(37)83)10-9-11-42(50)79)98-48-23-41(78(5)6)58(30(3)96-48)100-49-24-43(80)59(31(4)97-49)99-47-19-17-38(29(2)95-47)76-77-46(82)20-21-102-103-28-40(64(90)101-93)72-45(81)18-16-39(63(88)89)73-61(86)32-12-14-33(15-13-32)69-26-34-27-70-60-54(71-34)62(87)75-66(68)74-60/h9-15,22,27,29-31,39-41,43-44,47-49,53,58-59,69,79-80,85,92-93H,8,16-21,23-26,28H2,1-7H3,(H,72,81)(H,73,86)(H,77,82)(H,88,89)(H3,68,70,74,75,87)/b76-38-/t29?,30?,31?,39-,40?,41+,43+,44-,47-,48-,49-,53-,58?,59+,67+/m0/s1. The number of hydrogen-bond acceptors (Lipinski definition) is 31. The lowest BCUT2D eigenvalue weighted by Gasteiger charge is -2.48. The number of aromatic hydroxyl groups is 2. The van der Waals surface area contributed by atoms with Crippen LogP contribution in [0.5, 0.6) is 11.5 Å². The van der Waals surface area contributed by atoms with E-state index < -0.39 is 162 Å². The first-order valence-electron chi connectivity index (χ1n) is 33.1. The first-order valence-corrected chi connectivity index (χ1v) is 35.6. The van der Waals surface area contributed by atoms with Gasteiger partial charge in [0.25, 0.3) is 11.5 Å². The number of H-pyrrole nitrogens is 1. The average molecular weight is 1470 g/mol. The summed E-state index contributed by atoms with van der Waals surface area (Å²) in [6.45, 7) is 7.05. The molecule has 0 spiro atoms. The molecule has 0 saturated carbocycles. The minimum absolute atomic E-state index is 0.00171. The number of carboxylic acid groups (broad SMARTS) is 1. The van der Waals surface area contributed by atoms with Crippen molar-refractivity contribution in [2.24, 2.45) is 5.10 Å². The zero-order valence-electron chi connectivity index (χ0n) is 57.0. The lowest BCUT2D eigenvalue weighted by Crippen LogP contribution is -2.58. The quantitative estimate of drug-likeness (QED) is 0.0116. The van der Waals surface area contributed by atoms with E-state index in [0.29, 0.717) is 29.9 Å². The van der Waals surface area contributed by atoms with Crippen LogP contribution in [0.15, 0.2) is 64.6 Å². The van der Waals surface area contributed by atoms with Crippen LogP contribution in [-0.2, 0) is 68.6 Å². The van der Waals surface area contributed by atoms with Gasteiger partial charge in [-0.15, -0.1) is 0 Å². The van der Waals surface area contributed by atoms with Gasteiger partial charge in [-0.05, 0) is 96.1 Å². The molecule has 5 unspecified atom stereocenters. The van der Waals surface area contributed by atoms with Crippen molar-refractivity contribution in [1.82, 2.24) is 40.9 Å². The number of benzene rings is 3. The Morgan fingerprint density at radius 3 is 2.26 bits per heavy atom. The van der Waals surface area contributed by atoms with Gasteiger partial charge < -0.3 is 85.3 Å². The zero-order valence-corrected chi connectivity index (χ0v) is 58.7. The van der Waals surface area contributed by atoms with E-state index in [1.54, 1.807) is 39.8 Å². The highest BCUT2D eigenvalue weighted by molar-refractivity contribution is 8.76. The molecule has 554 valence electrons. The van der Waals surface area contributed by atoms with Crippen molar-refractivity contribution in [2.45, 2.75) is 183 Å². The number of carboxylic acids is 1. The van der Waals surface area contributed by atoms with Crippen LogP contribution in [0, 0.1) is 0 Å². The second-order valence-corrected chi connectivity index (χ2v) is 28.3. The normalized spacial score (nSPS) is 26.3. The Hall–Kier alpha value is -8.79. The summed E-state index contributed by atoms with van der Waals surface area (Å²) >= 11 is 0. The van der Waals surface area contributed by atoms with Crippen LogP contribution in [0.1, 0.15) is 157 Å². The first kappa shape index (κ1) is 76.8. The Labute approximate surface area is 596 Å². The van der Waals surface area contributed by atoms with Crippen LogP contribution in [0.3, 0.4) is 0 Å². The number of nitrogens with two attached hydrogens (primary N) is 1. The van der Waals surface area contributed by atoms with E-state index in [2.05, 4.69) is 51.3 Å². The van der Waals surface area contributed by atoms with Crippen molar-refractivity contribution in [2.75, 3.05) is 43.8 Å². The number of esters is 1. The fourth-order valence-corrected chi connectivity index (χ4v) is 15.3. The number of likely N-dealkylation sites (N-methyl/N-ethyl adjacent to an activating group) is 1. The monoisotopic (exact) mass is 1470 g/mol. The number of aromatic nitrogens is 4. The molecule has 3 saturated heterocycles. The SMILES string of the molecule is CC[C@@]1(O)C[C@H](O[C@H]2C[C@@H](N(C)C)C(O[C@H]3C[C@@H](O)[C@H](O[C@H]4CC/C(=N/NC(=O)CCSSCC(NC(=O)CC[C@H](NC(=O)c5ccc(NCc6cnc7nc(N)[nH]c(=O)c7n6)cc5)C(=O)O)C(=O)OO)C(C)O4)C(C)O3)C(C)O2)c2c(cc3c(c2O)C(=O)c2c(O)cccc2C3=O)[C@H]1C(=O)OC. The van der Waals surface area contributed by atoms with Crippen molar-refractivity contribution < 1.29 is 107 Å². The smallest absolute Gasteiger partial charge is 0.364 e. The van der Waals surface area contributed by atoms with Gasteiger partial charge in [0.15, 0.2) is 35.8 Å². The molecule has 13 N–H and O–H groups in total. The summed E-state index contributed by atoms with van der Waals surface area (Å²) in [7, 11) is 7.08. The predicted octanol–water partition coefficient (Wildman–Crippen LogP) is 3.22. The Bertz CT molecular complexity index is 4120. The molecule has 36 heteroatoms. The highest BCUT2D eigenvalue weighted by Crippen LogP contribution is 2.54. The number of carbonyl (C=O) groups excluding carboxylic acids is 7. The topological polar surface area (TPSA) is 493 Å². The number of nitrogen functional groups attached to an aromatic ring is 1. The maximum absolute atomic E-state index is 14.1.